The largest absolute Gasteiger partial charge is 0.456 e. The Kier molecular flexibility index (Phi) is 20.0. The first-order chi connectivity index (χ1) is 73.0. The van der Waals surface area contributed by atoms with E-state index in [2.05, 4.69) is 534 Å². The molecular formula is C144H88O3. The molecule has 0 saturated carbocycles. The molecule has 3 heteroatoms. The smallest absolute Gasteiger partial charge is 0.143 e. The highest BCUT2D eigenvalue weighted by Gasteiger charge is 2.27. The third-order valence-electron chi connectivity index (χ3n) is 30.7. The molecule has 0 atom stereocenters. The Hall–Kier alpha value is -19.3. The maximum atomic E-state index is 6.79. The molecule has 0 radical (unpaired) electrons. The van der Waals surface area contributed by atoms with Crippen LogP contribution < -0.4 is 0 Å². The minimum atomic E-state index is 0.895. The Morgan fingerprint density at radius 1 is 0.102 bits per heavy atom. The number of hydrogen-bond acceptors (Lipinski definition) is 3. The van der Waals surface area contributed by atoms with E-state index in [4.69, 9.17) is 13.3 Å². The molecule has 28 aromatic carbocycles. The lowest BCUT2D eigenvalue weighted by atomic mass is 9.83. The van der Waals surface area contributed by atoms with E-state index in [0.717, 1.165) is 76.9 Å². The van der Waals surface area contributed by atoms with E-state index < -0.39 is 0 Å². The highest BCUT2D eigenvalue weighted by Crippen LogP contribution is 2.54. The van der Waals surface area contributed by atoms with Gasteiger partial charge >= 0.3 is 0 Å². The second-order valence-corrected chi connectivity index (χ2v) is 38.7. The quantitative estimate of drug-likeness (QED) is 0.101. The lowest BCUT2D eigenvalue weighted by Crippen LogP contribution is -1.92. The van der Waals surface area contributed by atoms with Gasteiger partial charge in [0.05, 0.1) is 0 Å². The first-order valence-electron chi connectivity index (χ1n) is 50.6. The Balaban J connectivity index is 0.000000104. The maximum absolute atomic E-state index is 6.79. The van der Waals surface area contributed by atoms with Crippen LogP contribution in [0.15, 0.2) is 547 Å². The van der Waals surface area contributed by atoms with Crippen molar-refractivity contribution in [3.8, 4) is 111 Å². The first kappa shape index (κ1) is 84.5. The van der Waals surface area contributed by atoms with Crippen molar-refractivity contribution < 1.29 is 13.3 Å². The van der Waals surface area contributed by atoms with Gasteiger partial charge in [0, 0.05) is 37.9 Å². The van der Waals surface area contributed by atoms with Gasteiger partial charge in [0.15, 0.2) is 0 Å². The molecule has 0 aliphatic carbocycles. The Morgan fingerprint density at radius 2 is 0.415 bits per heavy atom. The van der Waals surface area contributed by atoms with Crippen LogP contribution in [0.25, 0.3) is 306 Å². The highest BCUT2D eigenvalue weighted by molar-refractivity contribution is 6.29. The summed E-state index contributed by atoms with van der Waals surface area (Å²) in [6.45, 7) is 0. The molecule has 31 aromatic rings. The molecule has 0 unspecified atom stereocenters. The minimum Gasteiger partial charge on any atom is -0.456 e. The van der Waals surface area contributed by atoms with Gasteiger partial charge in [-0.05, 0) is 302 Å². The molecule has 0 amide bonds. The summed E-state index contributed by atoms with van der Waals surface area (Å²) in [5.41, 5.74) is 29.8. The third kappa shape index (κ3) is 14.0. The fourth-order valence-electron chi connectivity index (χ4n) is 24.3. The topological polar surface area (TPSA) is 39.4 Å². The average Bonchev–Trinajstić information content (AvgIpc) is 1.62. The molecule has 3 heterocycles. The molecule has 0 bridgehead atoms. The lowest BCUT2D eigenvalue weighted by Gasteiger charge is -2.19. The van der Waals surface area contributed by atoms with Gasteiger partial charge < -0.3 is 13.3 Å². The van der Waals surface area contributed by atoms with Gasteiger partial charge in [-0.25, -0.2) is 0 Å². The molecule has 0 aliphatic heterocycles. The van der Waals surface area contributed by atoms with Crippen LogP contribution in [-0.4, -0.2) is 0 Å². The van der Waals surface area contributed by atoms with E-state index in [-0.39, 0.29) is 0 Å². The molecule has 3 nitrogen and oxygen atoms in total. The minimum absolute atomic E-state index is 0.895. The molecule has 0 spiro atoms. The van der Waals surface area contributed by atoms with Crippen LogP contribution in [0.4, 0.5) is 0 Å². The highest BCUT2D eigenvalue weighted by atomic mass is 16.3. The first-order valence-corrected chi connectivity index (χ1v) is 50.6. The monoisotopic (exact) mass is 1860 g/mol. The van der Waals surface area contributed by atoms with Crippen molar-refractivity contribution in [3.63, 3.8) is 0 Å². The zero-order valence-corrected chi connectivity index (χ0v) is 80.0. The number of para-hydroxylation sites is 1. The summed E-state index contributed by atoms with van der Waals surface area (Å²) in [5.74, 6) is 0. The summed E-state index contributed by atoms with van der Waals surface area (Å²) >= 11 is 0. The Bertz CT molecular complexity index is 10700. The number of benzene rings is 28. The predicted octanol–water partition coefficient (Wildman–Crippen LogP) is 41.3. The molecule has 147 heavy (non-hydrogen) atoms. The number of rotatable bonds is 10. The van der Waals surface area contributed by atoms with Crippen molar-refractivity contribution in [2.24, 2.45) is 0 Å². The Morgan fingerprint density at radius 3 is 0.959 bits per heavy atom. The van der Waals surface area contributed by atoms with Crippen LogP contribution in [0.5, 0.6) is 0 Å². The summed E-state index contributed by atoms with van der Waals surface area (Å²) in [7, 11) is 0. The fraction of sp³-hybridized carbons (Fsp3) is 0. The lowest BCUT2D eigenvalue weighted by molar-refractivity contribution is 0.668. The van der Waals surface area contributed by atoms with Crippen LogP contribution in [0, 0.1) is 0 Å². The van der Waals surface area contributed by atoms with E-state index in [9.17, 15) is 0 Å². The van der Waals surface area contributed by atoms with Gasteiger partial charge in [0.2, 0.25) is 0 Å². The van der Waals surface area contributed by atoms with E-state index in [1.807, 2.05) is 0 Å². The maximum Gasteiger partial charge on any atom is 0.143 e. The van der Waals surface area contributed by atoms with Gasteiger partial charge in [0.1, 0.15) is 33.5 Å². The van der Waals surface area contributed by atoms with Gasteiger partial charge in [-0.2, -0.15) is 0 Å². The second-order valence-electron chi connectivity index (χ2n) is 38.7. The number of fused-ring (bicyclic) bond motifs is 23. The van der Waals surface area contributed by atoms with Crippen molar-refractivity contribution in [1.29, 1.82) is 0 Å². The van der Waals surface area contributed by atoms with E-state index >= 15 is 0 Å². The van der Waals surface area contributed by atoms with Crippen molar-refractivity contribution in [3.05, 3.63) is 534 Å². The molecule has 0 aliphatic rings. The van der Waals surface area contributed by atoms with Crippen LogP contribution in [0.1, 0.15) is 0 Å². The molecule has 31 rings (SSSR count). The number of furan rings is 3. The Labute approximate surface area is 847 Å². The summed E-state index contributed by atoms with van der Waals surface area (Å²) in [6, 6.07) is 193. The van der Waals surface area contributed by atoms with Gasteiger partial charge in [-0.3, -0.25) is 0 Å². The van der Waals surface area contributed by atoms with Crippen molar-refractivity contribution in [1.82, 2.24) is 0 Å². The van der Waals surface area contributed by atoms with Crippen molar-refractivity contribution in [2.45, 2.75) is 0 Å². The molecule has 0 saturated heterocycles. The molecule has 0 N–H and O–H groups in total. The standard InChI is InChI=1S/C52H32O.2C46H28O/c1-2-15-33(16-3-1)37-29-30-40(39-21-7-6-20-38(37)39)47-31-35(32-48-41-22-12-13-28-49(41)53-52(47)48)50-43-23-8-10-25-45(43)51(46-26-11-9-24-44(46)50)42-27-14-18-34-17-4-5-19-36(34)42;1-2-13-30(14-3-1)44-37-16-6-8-18-39(37)45(40-19-9-7-17-38(40)44)31-25-27-42-41(28-31)46-36(22-11-23-43(46)47-42)34-21-10-20-33-32-15-5-4-12-29(32)24-26-35(33)34;1-2-12-29(13-3-1)45-36-18-8-10-20-38(36)46(39-21-11-9-19-37(39)45)32-23-25-44-42(28-32)41-27-31(22-24-43(41)47-44)40-26-30-14-4-5-15-33(30)34-16-6-7-17-35(34)40/h1-32H;2*1-28H. The van der Waals surface area contributed by atoms with Gasteiger partial charge in [0.25, 0.3) is 0 Å². The fourth-order valence-corrected chi connectivity index (χ4v) is 24.3. The van der Waals surface area contributed by atoms with Gasteiger partial charge in [-0.1, -0.05) is 467 Å². The van der Waals surface area contributed by atoms with E-state index in [0.29, 0.717) is 0 Å². The summed E-state index contributed by atoms with van der Waals surface area (Å²) < 4.78 is 19.8. The van der Waals surface area contributed by atoms with Crippen LogP contribution in [0.2, 0.25) is 0 Å². The molecule has 682 valence electrons. The molecule has 0 fully saturated rings. The predicted molar refractivity (Wildman–Crippen MR) is 626 cm³/mol. The van der Waals surface area contributed by atoms with E-state index in [1.165, 1.54) is 229 Å². The zero-order chi connectivity index (χ0) is 96.7. The van der Waals surface area contributed by atoms with Crippen LogP contribution in [-0.2, 0) is 0 Å². The average molecular weight is 1870 g/mol. The molecular weight excluding hydrogens is 1780 g/mol. The van der Waals surface area contributed by atoms with E-state index in [1.54, 1.807) is 0 Å². The van der Waals surface area contributed by atoms with Crippen molar-refractivity contribution >= 4 is 195 Å². The number of hydrogen-bond donors (Lipinski definition) is 0. The normalized spacial score (nSPS) is 11.8. The van der Waals surface area contributed by atoms with Crippen LogP contribution in [0.3, 0.4) is 0 Å². The third-order valence-corrected chi connectivity index (χ3v) is 30.7. The summed E-state index contributed by atoms with van der Waals surface area (Å²) in [4.78, 5) is 0. The SMILES string of the molecule is c1ccc(-c2c3ccccc3c(-c3ccc4oc5ccc(-c6cc7ccccc7c7ccccc67)cc5c4c3)c3ccccc23)cc1.c1ccc(-c2c3ccccc3c(-c3ccc4oc5cccc(-c6cccc7c6ccc6ccccc67)c5c4c3)c3ccccc23)cc1.c1ccc(-c2ccc(-c3cc(-c4c5ccccc5c(-c5cccc6ccccc56)c5ccccc45)cc4c3oc3ccccc34)c3ccccc23)cc1. The summed E-state index contributed by atoms with van der Waals surface area (Å²) in [5, 5.41) is 36.8. The van der Waals surface area contributed by atoms with Crippen molar-refractivity contribution in [2.75, 3.05) is 0 Å². The summed E-state index contributed by atoms with van der Waals surface area (Å²) in [6.07, 6.45) is 0. The van der Waals surface area contributed by atoms with Crippen LogP contribution >= 0.6 is 0 Å². The van der Waals surface area contributed by atoms with Gasteiger partial charge in [-0.15, -0.1) is 0 Å². The zero-order valence-electron chi connectivity index (χ0n) is 80.0. The molecule has 3 aromatic heterocycles. The second kappa shape index (κ2) is 34.8.